The summed E-state index contributed by atoms with van der Waals surface area (Å²) in [6, 6.07) is 1.89. The molecule has 0 unspecified atom stereocenters. The van der Waals surface area contributed by atoms with Gasteiger partial charge in [-0.3, -0.25) is 0 Å². The Bertz CT molecular complexity index is 371. The molecule has 1 aliphatic carbocycles. The molecule has 0 aromatic carbocycles. The third-order valence-corrected chi connectivity index (χ3v) is 3.37. The Balaban J connectivity index is 1.96. The van der Waals surface area contributed by atoms with Crippen LogP contribution in [0.25, 0.3) is 0 Å². The third kappa shape index (κ3) is 2.66. The van der Waals surface area contributed by atoms with Gasteiger partial charge in [0.05, 0.1) is 5.60 Å². The highest BCUT2D eigenvalue weighted by Gasteiger charge is 2.36. The largest absolute Gasteiger partial charge is 0.376 e. The molecule has 2 rings (SSSR count). The van der Waals surface area contributed by atoms with Gasteiger partial charge < -0.3 is 15.0 Å². The zero-order valence-electron chi connectivity index (χ0n) is 10.7. The lowest BCUT2D eigenvalue weighted by Crippen LogP contribution is -2.45. The average molecular weight is 236 g/mol. The summed E-state index contributed by atoms with van der Waals surface area (Å²) < 4.78 is 5.54. The first-order chi connectivity index (χ1) is 8.15. The van der Waals surface area contributed by atoms with Crippen molar-refractivity contribution in [3.8, 4) is 0 Å². The number of rotatable bonds is 5. The summed E-state index contributed by atoms with van der Waals surface area (Å²) >= 11 is 0. The lowest BCUT2D eigenvalue weighted by molar-refractivity contribution is -0.0602. The molecule has 1 aliphatic rings. The van der Waals surface area contributed by atoms with E-state index < -0.39 is 0 Å². The molecule has 0 aliphatic heterocycles. The van der Waals surface area contributed by atoms with E-state index in [-0.39, 0.29) is 5.60 Å². The Morgan fingerprint density at radius 3 is 2.76 bits per heavy atom. The van der Waals surface area contributed by atoms with Gasteiger partial charge in [-0.2, -0.15) is 4.98 Å². The minimum Gasteiger partial charge on any atom is -0.376 e. The molecule has 17 heavy (non-hydrogen) atoms. The third-order valence-electron chi connectivity index (χ3n) is 3.37. The summed E-state index contributed by atoms with van der Waals surface area (Å²) in [5.41, 5.74) is -0.00250. The highest BCUT2D eigenvalue weighted by atomic mass is 16.5. The number of ether oxygens (including phenoxy) is 1. The van der Waals surface area contributed by atoms with Crippen molar-refractivity contribution in [2.24, 2.45) is 0 Å². The van der Waals surface area contributed by atoms with E-state index in [9.17, 15) is 0 Å². The molecule has 1 heterocycles. The molecule has 1 N–H and O–H groups in total. The highest BCUT2D eigenvalue weighted by molar-refractivity contribution is 5.41. The second-order valence-corrected chi connectivity index (χ2v) is 4.73. The second kappa shape index (κ2) is 4.87. The molecule has 0 atom stereocenters. The van der Waals surface area contributed by atoms with E-state index in [4.69, 9.17) is 4.74 Å². The number of aromatic nitrogens is 2. The van der Waals surface area contributed by atoms with Crippen molar-refractivity contribution < 1.29 is 4.74 Å². The van der Waals surface area contributed by atoms with E-state index in [1.807, 2.05) is 25.1 Å². The minimum absolute atomic E-state index is 0.00250. The highest BCUT2D eigenvalue weighted by Crippen LogP contribution is 2.34. The van der Waals surface area contributed by atoms with E-state index in [1.54, 1.807) is 13.3 Å². The first kappa shape index (κ1) is 12.1. The first-order valence-corrected chi connectivity index (χ1v) is 5.95. The molecule has 0 bridgehead atoms. The van der Waals surface area contributed by atoms with Gasteiger partial charge >= 0.3 is 0 Å². The molecule has 0 amide bonds. The van der Waals surface area contributed by atoms with Crippen LogP contribution in [0, 0.1) is 0 Å². The fourth-order valence-corrected chi connectivity index (χ4v) is 1.95. The molecule has 5 heteroatoms. The van der Waals surface area contributed by atoms with Gasteiger partial charge in [-0.25, -0.2) is 4.98 Å². The summed E-state index contributed by atoms with van der Waals surface area (Å²) in [4.78, 5) is 10.6. The molecule has 1 fully saturated rings. The minimum atomic E-state index is -0.00250. The maximum atomic E-state index is 5.54. The van der Waals surface area contributed by atoms with Crippen LogP contribution in [0.2, 0.25) is 0 Å². The Labute approximate surface area is 102 Å². The predicted octanol–water partition coefficient (Wildman–Crippen LogP) is 1.52. The van der Waals surface area contributed by atoms with Gasteiger partial charge in [-0.1, -0.05) is 0 Å². The summed E-state index contributed by atoms with van der Waals surface area (Å²) in [5.74, 6) is 1.57. The smallest absolute Gasteiger partial charge is 0.224 e. The number of hydrogen-bond acceptors (Lipinski definition) is 5. The Morgan fingerprint density at radius 1 is 1.47 bits per heavy atom. The van der Waals surface area contributed by atoms with Crippen molar-refractivity contribution in [1.29, 1.82) is 0 Å². The number of nitrogens with one attached hydrogen (secondary N) is 1. The summed E-state index contributed by atoms with van der Waals surface area (Å²) in [6.45, 7) is 0.778. The molecular weight excluding hydrogens is 216 g/mol. The predicted molar refractivity (Wildman–Crippen MR) is 68.4 cm³/mol. The van der Waals surface area contributed by atoms with Gasteiger partial charge in [0.15, 0.2) is 0 Å². The molecule has 94 valence electrons. The van der Waals surface area contributed by atoms with E-state index in [2.05, 4.69) is 15.3 Å². The monoisotopic (exact) mass is 236 g/mol. The van der Waals surface area contributed by atoms with E-state index in [1.165, 1.54) is 6.42 Å². The number of hydrogen-bond donors (Lipinski definition) is 1. The van der Waals surface area contributed by atoms with E-state index >= 15 is 0 Å². The van der Waals surface area contributed by atoms with Gasteiger partial charge in [-0.15, -0.1) is 0 Å². The Morgan fingerprint density at radius 2 is 2.24 bits per heavy atom. The number of anilines is 2. The molecular formula is C12H20N4O. The van der Waals surface area contributed by atoms with Crippen LogP contribution >= 0.6 is 0 Å². The van der Waals surface area contributed by atoms with Crippen molar-refractivity contribution >= 4 is 11.8 Å². The van der Waals surface area contributed by atoms with Crippen molar-refractivity contribution in [3.63, 3.8) is 0 Å². The summed E-state index contributed by atoms with van der Waals surface area (Å²) in [7, 11) is 5.71. The maximum Gasteiger partial charge on any atom is 0.224 e. The zero-order valence-corrected chi connectivity index (χ0v) is 10.7. The van der Waals surface area contributed by atoms with Crippen LogP contribution in [0.5, 0.6) is 0 Å². The Hall–Kier alpha value is -1.36. The standard InChI is InChI=1S/C12H20N4O/c1-16(2)10-5-8-13-11(15-10)14-9-12(17-3)6-4-7-12/h5,8H,4,6-7,9H2,1-3H3,(H,13,14,15). The Kier molecular flexibility index (Phi) is 3.47. The molecule has 0 saturated heterocycles. The molecule has 0 spiro atoms. The van der Waals surface area contributed by atoms with Crippen LogP contribution in [0.1, 0.15) is 19.3 Å². The normalized spacial score (nSPS) is 17.4. The van der Waals surface area contributed by atoms with Crippen molar-refractivity contribution in [2.75, 3.05) is 38.0 Å². The fraction of sp³-hybridized carbons (Fsp3) is 0.667. The first-order valence-electron chi connectivity index (χ1n) is 5.95. The van der Waals surface area contributed by atoms with Crippen LogP contribution in [0.4, 0.5) is 11.8 Å². The van der Waals surface area contributed by atoms with Crippen LogP contribution < -0.4 is 10.2 Å². The zero-order chi connectivity index (χ0) is 12.3. The molecule has 5 nitrogen and oxygen atoms in total. The van der Waals surface area contributed by atoms with Gasteiger partial charge in [0, 0.05) is 33.9 Å². The van der Waals surface area contributed by atoms with E-state index in [0.717, 1.165) is 25.2 Å². The van der Waals surface area contributed by atoms with Crippen molar-refractivity contribution in [1.82, 2.24) is 9.97 Å². The van der Waals surface area contributed by atoms with Crippen LogP contribution in [0.3, 0.4) is 0 Å². The topological polar surface area (TPSA) is 50.3 Å². The van der Waals surface area contributed by atoms with Crippen LogP contribution in [-0.4, -0.2) is 43.3 Å². The summed E-state index contributed by atoms with van der Waals surface area (Å²) in [5, 5.41) is 3.26. The van der Waals surface area contributed by atoms with Gasteiger partial charge in [0.25, 0.3) is 0 Å². The molecule has 1 saturated carbocycles. The molecule has 0 radical (unpaired) electrons. The van der Waals surface area contributed by atoms with Crippen molar-refractivity contribution in [2.45, 2.75) is 24.9 Å². The van der Waals surface area contributed by atoms with Crippen LogP contribution in [0.15, 0.2) is 12.3 Å². The summed E-state index contributed by atoms with van der Waals surface area (Å²) in [6.07, 6.45) is 5.24. The number of nitrogens with zero attached hydrogens (tertiary/aromatic N) is 3. The van der Waals surface area contributed by atoms with Gasteiger partial charge in [0.1, 0.15) is 5.82 Å². The average Bonchev–Trinajstić information content (AvgIpc) is 2.28. The molecule has 1 aromatic rings. The lowest BCUT2D eigenvalue weighted by atomic mass is 9.80. The lowest BCUT2D eigenvalue weighted by Gasteiger charge is -2.40. The van der Waals surface area contributed by atoms with Gasteiger partial charge in [-0.05, 0) is 25.3 Å². The quantitative estimate of drug-likeness (QED) is 0.840. The number of methoxy groups -OCH3 is 1. The van der Waals surface area contributed by atoms with Gasteiger partial charge in [0.2, 0.25) is 5.95 Å². The van der Waals surface area contributed by atoms with Crippen molar-refractivity contribution in [3.05, 3.63) is 12.3 Å². The van der Waals surface area contributed by atoms with E-state index in [0.29, 0.717) is 5.95 Å². The maximum absolute atomic E-state index is 5.54. The fourth-order valence-electron chi connectivity index (χ4n) is 1.95. The molecule has 1 aromatic heterocycles. The van der Waals surface area contributed by atoms with Crippen LogP contribution in [-0.2, 0) is 4.74 Å². The SMILES string of the molecule is COC1(CNc2nccc(N(C)C)n2)CCC1. The second-order valence-electron chi connectivity index (χ2n) is 4.73.